The van der Waals surface area contributed by atoms with E-state index in [1.165, 1.54) is 35.1 Å². The van der Waals surface area contributed by atoms with Gasteiger partial charge in [0.1, 0.15) is 22.8 Å². The fourth-order valence-corrected chi connectivity index (χ4v) is 5.75. The molecule has 2 aromatic rings. The summed E-state index contributed by atoms with van der Waals surface area (Å²) in [5.74, 6) is -2.77. The van der Waals surface area contributed by atoms with Crippen LogP contribution in [-0.4, -0.2) is 82.7 Å². The summed E-state index contributed by atoms with van der Waals surface area (Å²) in [6.07, 6.45) is -0.612. The van der Waals surface area contributed by atoms with Crippen LogP contribution in [-0.2, 0) is 30.3 Å². The number of fused-ring (bicyclic) bond motifs is 2. The Bertz CT molecular complexity index is 1280. The van der Waals surface area contributed by atoms with E-state index in [-0.39, 0.29) is 24.5 Å². The van der Waals surface area contributed by atoms with Gasteiger partial charge in [-0.25, -0.2) is 4.98 Å². The van der Waals surface area contributed by atoms with Crippen LogP contribution in [0.5, 0.6) is 0 Å². The number of hydrogen-bond acceptors (Lipinski definition) is 8. The van der Waals surface area contributed by atoms with Gasteiger partial charge in [0.2, 0.25) is 11.8 Å². The zero-order chi connectivity index (χ0) is 31.1. The maximum Gasteiger partial charge on any atom is 0.308 e. The van der Waals surface area contributed by atoms with E-state index in [1.54, 1.807) is 19.4 Å². The van der Waals surface area contributed by atoms with Gasteiger partial charge < -0.3 is 25.2 Å². The number of carbonyl (C=O) groups is 5. The van der Waals surface area contributed by atoms with Gasteiger partial charge in [0.15, 0.2) is 6.10 Å². The second-order valence-corrected chi connectivity index (χ2v) is 11.9. The van der Waals surface area contributed by atoms with E-state index in [2.05, 4.69) is 15.6 Å². The van der Waals surface area contributed by atoms with E-state index in [0.717, 1.165) is 5.56 Å². The summed E-state index contributed by atoms with van der Waals surface area (Å²) in [6.45, 7) is 8.66. The van der Waals surface area contributed by atoms with Crippen molar-refractivity contribution in [3.8, 4) is 0 Å². The lowest BCUT2D eigenvalue weighted by Crippen LogP contribution is -2.58. The fourth-order valence-electron chi connectivity index (χ4n) is 4.94. The van der Waals surface area contributed by atoms with Crippen molar-refractivity contribution in [2.24, 2.45) is 5.92 Å². The number of ether oxygens (including phenoxy) is 1. The average molecular weight is 600 g/mol. The van der Waals surface area contributed by atoms with Gasteiger partial charge >= 0.3 is 5.97 Å². The minimum atomic E-state index is -1.16. The van der Waals surface area contributed by atoms with E-state index in [1.807, 2.05) is 51.1 Å². The third-order valence-electron chi connectivity index (χ3n) is 7.42. The Morgan fingerprint density at radius 2 is 1.67 bits per heavy atom. The van der Waals surface area contributed by atoms with Crippen molar-refractivity contribution in [2.75, 3.05) is 14.1 Å². The highest BCUT2D eigenvalue weighted by Crippen LogP contribution is 2.22. The van der Waals surface area contributed by atoms with Crippen molar-refractivity contribution in [1.82, 2.24) is 25.4 Å². The van der Waals surface area contributed by atoms with Crippen molar-refractivity contribution in [1.29, 1.82) is 0 Å². The molecule has 0 fully saturated rings. The number of carbonyl (C=O) groups excluding carboxylic acids is 5. The van der Waals surface area contributed by atoms with Crippen LogP contribution >= 0.6 is 11.3 Å². The molecular weight excluding hydrogens is 558 g/mol. The molecule has 11 nitrogen and oxygen atoms in total. The Kier molecular flexibility index (Phi) is 11.2. The second-order valence-electron chi connectivity index (χ2n) is 11.0. The maximum absolute atomic E-state index is 14.0. The van der Waals surface area contributed by atoms with Crippen LogP contribution in [0.15, 0.2) is 35.7 Å². The van der Waals surface area contributed by atoms with Crippen LogP contribution < -0.4 is 10.6 Å². The highest BCUT2D eigenvalue weighted by molar-refractivity contribution is 7.09. The molecule has 0 saturated heterocycles. The molecule has 0 unspecified atom stereocenters. The number of rotatable bonds is 4. The maximum atomic E-state index is 14.0. The predicted molar refractivity (Wildman–Crippen MR) is 158 cm³/mol. The molecule has 1 aromatic heterocycles. The number of thiazole rings is 1. The van der Waals surface area contributed by atoms with Crippen molar-refractivity contribution in [3.05, 3.63) is 52.0 Å². The Labute approximate surface area is 251 Å². The summed E-state index contributed by atoms with van der Waals surface area (Å²) in [4.78, 5) is 73.8. The van der Waals surface area contributed by atoms with Gasteiger partial charge in [0.05, 0.1) is 12.5 Å². The van der Waals surface area contributed by atoms with E-state index in [0.29, 0.717) is 11.4 Å². The molecule has 2 bridgehead atoms. The molecule has 42 heavy (non-hydrogen) atoms. The van der Waals surface area contributed by atoms with Crippen molar-refractivity contribution < 1.29 is 28.7 Å². The van der Waals surface area contributed by atoms with Crippen LogP contribution in [0, 0.1) is 5.92 Å². The number of hydrogen-bond donors (Lipinski definition) is 2. The van der Waals surface area contributed by atoms with E-state index in [9.17, 15) is 24.0 Å². The molecule has 0 radical (unpaired) electrons. The van der Waals surface area contributed by atoms with Crippen LogP contribution in [0.2, 0.25) is 0 Å². The van der Waals surface area contributed by atoms with Crippen molar-refractivity contribution >= 4 is 40.9 Å². The van der Waals surface area contributed by atoms with E-state index in [4.69, 9.17) is 4.74 Å². The van der Waals surface area contributed by atoms with Gasteiger partial charge in [0.25, 0.3) is 11.8 Å². The third-order valence-corrected chi connectivity index (χ3v) is 8.45. The van der Waals surface area contributed by atoms with Crippen LogP contribution in [0.25, 0.3) is 0 Å². The summed E-state index contributed by atoms with van der Waals surface area (Å²) >= 11 is 1.23. The Balaban J connectivity index is 2.03. The number of cyclic esters (lactones) is 1. The first-order chi connectivity index (χ1) is 19.8. The first-order valence-corrected chi connectivity index (χ1v) is 15.0. The molecule has 1 aliphatic rings. The topological polar surface area (TPSA) is 138 Å². The third kappa shape index (κ3) is 7.93. The molecule has 5 atom stereocenters. The minimum Gasteiger partial charge on any atom is -0.452 e. The first kappa shape index (κ1) is 32.7. The lowest BCUT2D eigenvalue weighted by atomic mass is 9.98. The molecule has 2 N–H and O–H groups in total. The minimum absolute atomic E-state index is 0.135. The zero-order valence-electron chi connectivity index (χ0n) is 25.2. The summed E-state index contributed by atoms with van der Waals surface area (Å²) in [5.41, 5.74) is 1.02. The van der Waals surface area contributed by atoms with Crippen molar-refractivity contribution in [3.63, 3.8) is 0 Å². The monoisotopic (exact) mass is 599 g/mol. The molecule has 228 valence electrons. The number of amides is 4. The summed E-state index contributed by atoms with van der Waals surface area (Å²) in [6, 6.07) is 6.44. The van der Waals surface area contributed by atoms with Gasteiger partial charge in [-0.1, -0.05) is 51.1 Å². The summed E-state index contributed by atoms with van der Waals surface area (Å²) in [5, 5.41) is 7.88. The van der Waals surface area contributed by atoms with Gasteiger partial charge in [-0.2, -0.15) is 0 Å². The number of aromatic nitrogens is 1. The Morgan fingerprint density at radius 3 is 2.29 bits per heavy atom. The van der Waals surface area contributed by atoms with Gasteiger partial charge in [-0.15, -0.1) is 11.3 Å². The molecule has 0 aliphatic carbocycles. The smallest absolute Gasteiger partial charge is 0.308 e. The van der Waals surface area contributed by atoms with Gasteiger partial charge in [-0.3, -0.25) is 24.0 Å². The van der Waals surface area contributed by atoms with Crippen LogP contribution in [0.4, 0.5) is 0 Å². The van der Waals surface area contributed by atoms with Crippen LogP contribution in [0.1, 0.15) is 74.6 Å². The van der Waals surface area contributed by atoms with Gasteiger partial charge in [0, 0.05) is 31.9 Å². The highest BCUT2D eigenvalue weighted by Gasteiger charge is 2.39. The lowest BCUT2D eigenvalue weighted by molar-refractivity contribution is -0.162. The zero-order valence-corrected chi connectivity index (χ0v) is 26.1. The molecule has 1 aromatic carbocycles. The number of nitrogens with zero attached hydrogens (tertiary/aromatic N) is 3. The van der Waals surface area contributed by atoms with Crippen LogP contribution in [0.3, 0.4) is 0 Å². The molecule has 2 heterocycles. The lowest BCUT2D eigenvalue weighted by Gasteiger charge is -2.37. The molecule has 0 spiro atoms. The number of likely N-dealkylation sites (N-methyl/N-ethyl adjacent to an activating group) is 2. The first-order valence-electron chi connectivity index (χ1n) is 14.2. The molecule has 3 rings (SSSR count). The number of esters is 1. The number of nitrogens with one attached hydrogen (secondary N) is 2. The van der Waals surface area contributed by atoms with Gasteiger partial charge in [-0.05, 0) is 31.7 Å². The SMILES string of the molecule is CC[C@@H]1CC(=O)O[C@@H](C)C(=O)N(C)[C@@H](C(C)C)C(=O)N(C)[C@@H](Cc2ccccc2)C(=O)N[C@@H](C)c2nc(cs2)C(=O)N1. The normalized spacial score (nSPS) is 25.3. The highest BCUT2D eigenvalue weighted by atomic mass is 32.1. The number of benzene rings is 1. The molecule has 4 amide bonds. The Hall–Kier alpha value is -3.80. The van der Waals surface area contributed by atoms with E-state index < -0.39 is 59.9 Å². The summed E-state index contributed by atoms with van der Waals surface area (Å²) in [7, 11) is 3.05. The standard InChI is InChI=1S/C30H41N5O6S/c1-8-21-15-24(36)41-19(5)29(39)35(7)25(17(2)3)30(40)34(6)23(14-20-12-10-9-11-13-20)27(38)31-18(4)28-33-22(16-42-28)26(37)32-21/h9-13,16-19,21,23,25H,8,14-15H2,1-7H3,(H,31,38)(H,32,37)/t18-,19-,21+,23-,25-/m0/s1. The largest absolute Gasteiger partial charge is 0.452 e. The predicted octanol–water partition coefficient (Wildman–Crippen LogP) is 2.72. The molecular formula is C30H41N5O6S. The Morgan fingerprint density at radius 1 is 1.00 bits per heavy atom. The molecule has 0 saturated carbocycles. The second kappa shape index (κ2) is 14.4. The average Bonchev–Trinajstić information content (AvgIpc) is 3.45. The van der Waals surface area contributed by atoms with E-state index >= 15 is 0 Å². The molecule has 12 heteroatoms. The molecule has 1 aliphatic heterocycles. The quantitative estimate of drug-likeness (QED) is 0.516. The van der Waals surface area contributed by atoms with Crippen molar-refractivity contribution in [2.45, 2.75) is 84.2 Å². The summed E-state index contributed by atoms with van der Waals surface area (Å²) < 4.78 is 5.43. The fraction of sp³-hybridized carbons (Fsp3) is 0.533.